The average Bonchev–Trinajstić information content (AvgIpc) is 3.67. The Balaban J connectivity index is 1.54. The fourth-order valence-electron chi connectivity index (χ4n) is 6.48. The first kappa shape index (κ1) is 30.1. The van der Waals surface area contributed by atoms with Gasteiger partial charge in [-0.05, 0) is 48.2 Å². The van der Waals surface area contributed by atoms with Gasteiger partial charge in [-0.3, -0.25) is 14.4 Å². The molecule has 2 aromatic carbocycles. The molecule has 9 nitrogen and oxygen atoms in total. The summed E-state index contributed by atoms with van der Waals surface area (Å²) >= 11 is 6.11. The molecule has 0 aromatic heterocycles. The Labute approximate surface area is 250 Å². The van der Waals surface area contributed by atoms with E-state index in [1.54, 1.807) is 35.2 Å². The lowest BCUT2D eigenvalue weighted by molar-refractivity contribution is -0.138. The number of carbonyl (C=O) groups excluding carboxylic acids is 3. The quantitative estimate of drug-likeness (QED) is 0.337. The van der Waals surface area contributed by atoms with Crippen LogP contribution >= 0.6 is 11.6 Å². The van der Waals surface area contributed by atoms with Gasteiger partial charge in [-0.2, -0.15) is 0 Å². The first-order valence-electron chi connectivity index (χ1n) is 14.5. The molecule has 1 aliphatic heterocycles. The van der Waals surface area contributed by atoms with Crippen LogP contribution in [0, 0.1) is 5.92 Å². The highest BCUT2D eigenvalue weighted by molar-refractivity contribution is 6.30. The number of ether oxygens (including phenoxy) is 2. The van der Waals surface area contributed by atoms with Gasteiger partial charge in [-0.25, -0.2) is 0 Å². The van der Waals surface area contributed by atoms with Crippen LogP contribution < -0.4 is 14.8 Å². The summed E-state index contributed by atoms with van der Waals surface area (Å²) in [7, 11) is 1.45. The predicted molar refractivity (Wildman–Crippen MR) is 157 cm³/mol. The van der Waals surface area contributed by atoms with Crippen LogP contribution in [0.2, 0.25) is 5.02 Å². The molecule has 0 spiro atoms. The largest absolute Gasteiger partial charge is 0.493 e. The molecule has 2 aromatic rings. The van der Waals surface area contributed by atoms with Crippen molar-refractivity contribution in [3.8, 4) is 11.5 Å². The van der Waals surface area contributed by atoms with Gasteiger partial charge in [0, 0.05) is 41.2 Å². The first-order chi connectivity index (χ1) is 20.3. The second kappa shape index (κ2) is 13.3. The van der Waals surface area contributed by atoms with Crippen LogP contribution in [0.5, 0.6) is 11.5 Å². The van der Waals surface area contributed by atoms with E-state index in [2.05, 4.69) is 5.32 Å². The van der Waals surface area contributed by atoms with E-state index in [4.69, 9.17) is 21.1 Å². The van der Waals surface area contributed by atoms with Crippen molar-refractivity contribution in [3.63, 3.8) is 0 Å². The highest BCUT2D eigenvalue weighted by Crippen LogP contribution is 2.51. The zero-order chi connectivity index (χ0) is 29.8. The summed E-state index contributed by atoms with van der Waals surface area (Å²) in [5.74, 6) is -0.127. The molecule has 1 saturated carbocycles. The van der Waals surface area contributed by atoms with Gasteiger partial charge in [0.15, 0.2) is 11.5 Å². The van der Waals surface area contributed by atoms with E-state index < -0.39 is 30.1 Å². The third kappa shape index (κ3) is 6.19. The normalized spacial score (nSPS) is 22.9. The number of aliphatic hydroxyl groups excluding tert-OH is 2. The number of halogens is 1. The minimum atomic E-state index is -1.19. The van der Waals surface area contributed by atoms with Crippen LogP contribution in [0.4, 0.5) is 0 Å². The summed E-state index contributed by atoms with van der Waals surface area (Å²) in [6.45, 7) is -0.0217. The average molecular weight is 597 g/mol. The van der Waals surface area contributed by atoms with Crippen molar-refractivity contribution in [2.24, 2.45) is 5.92 Å². The second-order valence-electron chi connectivity index (χ2n) is 11.2. The summed E-state index contributed by atoms with van der Waals surface area (Å²) < 4.78 is 11.8. The monoisotopic (exact) mass is 596 g/mol. The molecule has 0 bridgehead atoms. The summed E-state index contributed by atoms with van der Waals surface area (Å²) in [5, 5.41) is 24.5. The molecule has 2 aliphatic carbocycles. The second-order valence-corrected chi connectivity index (χ2v) is 11.7. The third-order valence-corrected chi connectivity index (χ3v) is 8.85. The Bertz CT molecular complexity index is 1340. The topological polar surface area (TPSA) is 125 Å². The summed E-state index contributed by atoms with van der Waals surface area (Å²) in [4.78, 5) is 40.7. The van der Waals surface area contributed by atoms with Crippen LogP contribution in [0.25, 0.3) is 0 Å². The number of aldehydes is 1. The van der Waals surface area contributed by atoms with Gasteiger partial charge in [0.25, 0.3) is 0 Å². The fourth-order valence-corrected chi connectivity index (χ4v) is 6.60. The van der Waals surface area contributed by atoms with Crippen LogP contribution in [-0.4, -0.2) is 71.7 Å². The number of hydrogen-bond donors (Lipinski definition) is 3. The molecule has 3 aliphatic rings. The Morgan fingerprint density at radius 2 is 1.93 bits per heavy atom. The van der Waals surface area contributed by atoms with Crippen molar-refractivity contribution < 1.29 is 34.1 Å². The Kier molecular flexibility index (Phi) is 9.50. The lowest BCUT2D eigenvalue weighted by atomic mass is 9.77. The van der Waals surface area contributed by atoms with Gasteiger partial charge in [-0.1, -0.05) is 49.4 Å². The van der Waals surface area contributed by atoms with Crippen LogP contribution in [0.3, 0.4) is 0 Å². The van der Waals surface area contributed by atoms with E-state index in [0.717, 1.165) is 24.8 Å². The number of methoxy groups -OCH3 is 1. The first-order valence-corrected chi connectivity index (χ1v) is 14.9. The SMILES string of the molecule is COc1cc(C=O)cc2c1O[C@@H]1[C@@H](O)[C@H](N(Cc3ccc(Cl)cc3)C(=O)CCC3CCCC3)C=C(C(=O)NCCO)[C@H]21. The van der Waals surface area contributed by atoms with Gasteiger partial charge in [0.1, 0.15) is 18.5 Å². The fraction of sp³-hybridized carbons (Fsp3) is 0.469. The minimum Gasteiger partial charge on any atom is -0.493 e. The molecular formula is C32H37ClN2O7. The summed E-state index contributed by atoms with van der Waals surface area (Å²) in [6.07, 6.45) is 5.90. The number of fused-ring (bicyclic) bond motifs is 3. The number of carbonyl (C=O) groups is 3. The summed E-state index contributed by atoms with van der Waals surface area (Å²) in [5.41, 5.74) is 2.00. The number of nitrogens with one attached hydrogen (secondary N) is 1. The standard InChI is InChI=1S/C32H37ClN2O7/c1-41-26-15-21(18-37)14-23-28-24(32(40)34-12-13-36)16-25(29(39)31(28)42-30(23)26)35(17-20-6-9-22(33)10-7-20)27(38)11-8-19-4-2-3-5-19/h6-7,9-10,14-16,18-19,25,28-29,31,36,39H,2-5,8,11-13,17H2,1H3,(H,34,40)/t25-,28+,29+,31+/m1/s1. The van der Waals surface area contributed by atoms with Crippen molar-refractivity contribution in [3.05, 3.63) is 69.8 Å². The molecule has 0 saturated heterocycles. The van der Waals surface area contributed by atoms with Crippen LogP contribution in [-0.2, 0) is 16.1 Å². The van der Waals surface area contributed by atoms with Gasteiger partial charge in [0.2, 0.25) is 11.8 Å². The number of rotatable bonds is 11. The third-order valence-electron chi connectivity index (χ3n) is 8.60. The molecule has 5 rings (SSSR count). The van der Waals surface area contributed by atoms with E-state index >= 15 is 0 Å². The molecule has 2 amide bonds. The maximum absolute atomic E-state index is 13.9. The molecule has 42 heavy (non-hydrogen) atoms. The zero-order valence-corrected chi connectivity index (χ0v) is 24.4. The van der Waals surface area contributed by atoms with Crippen molar-refractivity contribution in [1.29, 1.82) is 0 Å². The smallest absolute Gasteiger partial charge is 0.247 e. The van der Waals surface area contributed by atoms with Gasteiger partial charge >= 0.3 is 0 Å². The number of aliphatic hydroxyl groups is 2. The maximum atomic E-state index is 13.9. The Morgan fingerprint density at radius 3 is 2.60 bits per heavy atom. The number of benzene rings is 2. The van der Waals surface area contributed by atoms with E-state index in [1.165, 1.54) is 20.0 Å². The molecule has 0 radical (unpaired) electrons. The zero-order valence-electron chi connectivity index (χ0n) is 23.6. The van der Waals surface area contributed by atoms with Gasteiger partial charge < -0.3 is 29.9 Å². The number of nitrogens with zero attached hydrogens (tertiary/aromatic N) is 1. The van der Waals surface area contributed by atoms with Crippen molar-refractivity contribution >= 4 is 29.7 Å². The highest BCUT2D eigenvalue weighted by atomic mass is 35.5. The molecule has 224 valence electrons. The predicted octanol–water partition coefficient (Wildman–Crippen LogP) is 3.78. The number of amides is 2. The van der Waals surface area contributed by atoms with E-state index in [-0.39, 0.29) is 31.2 Å². The van der Waals surface area contributed by atoms with Crippen LogP contribution in [0.1, 0.15) is 65.9 Å². The molecule has 1 heterocycles. The number of hydrogen-bond acceptors (Lipinski definition) is 7. The van der Waals surface area contributed by atoms with Gasteiger partial charge in [0.05, 0.1) is 25.7 Å². The van der Waals surface area contributed by atoms with E-state index in [0.29, 0.717) is 46.3 Å². The summed E-state index contributed by atoms with van der Waals surface area (Å²) in [6, 6.07) is 9.48. The minimum absolute atomic E-state index is 0.0288. The van der Waals surface area contributed by atoms with Crippen molar-refractivity contribution in [1.82, 2.24) is 10.2 Å². The van der Waals surface area contributed by atoms with Crippen molar-refractivity contribution in [2.75, 3.05) is 20.3 Å². The van der Waals surface area contributed by atoms with Gasteiger partial charge in [-0.15, -0.1) is 0 Å². The lowest BCUT2D eigenvalue weighted by Gasteiger charge is -2.41. The van der Waals surface area contributed by atoms with E-state index in [9.17, 15) is 24.6 Å². The van der Waals surface area contributed by atoms with Crippen molar-refractivity contribution in [2.45, 2.75) is 69.2 Å². The van der Waals surface area contributed by atoms with E-state index in [1.807, 2.05) is 12.1 Å². The molecule has 1 fully saturated rings. The molecular weight excluding hydrogens is 560 g/mol. The lowest BCUT2D eigenvalue weighted by Crippen LogP contribution is -2.55. The Morgan fingerprint density at radius 1 is 1.19 bits per heavy atom. The molecule has 10 heteroatoms. The highest BCUT2D eigenvalue weighted by Gasteiger charge is 2.51. The molecule has 4 atom stereocenters. The van der Waals surface area contributed by atoms with Crippen LogP contribution in [0.15, 0.2) is 48.0 Å². The molecule has 0 unspecified atom stereocenters. The maximum Gasteiger partial charge on any atom is 0.247 e. The molecule has 3 N–H and O–H groups in total. The Hall–Kier alpha value is -3.40.